The molecule has 2 heterocycles. The van der Waals surface area contributed by atoms with Crippen molar-refractivity contribution in [2.24, 2.45) is 0 Å². The summed E-state index contributed by atoms with van der Waals surface area (Å²) in [6, 6.07) is 64.8. The van der Waals surface area contributed by atoms with Crippen LogP contribution in [0.15, 0.2) is 200 Å². The van der Waals surface area contributed by atoms with E-state index in [4.69, 9.17) is 0 Å². The molecule has 1 atom stereocenters. The van der Waals surface area contributed by atoms with E-state index < -0.39 is 0 Å². The van der Waals surface area contributed by atoms with Crippen LogP contribution in [0.3, 0.4) is 0 Å². The Morgan fingerprint density at radius 2 is 1.20 bits per heavy atom. The highest BCUT2D eigenvalue weighted by atomic mass is 32.1. The maximum Gasteiger partial charge on any atom is 0.0547 e. The van der Waals surface area contributed by atoms with Gasteiger partial charge in [0.05, 0.1) is 11.0 Å². The Balaban J connectivity index is 0.991. The molecule has 260 valence electrons. The SMILES string of the molecule is C1=CCC(c2ccccc2N(c2ccc(-c3ccc(-n4c5ccccc5c5c6ccccc6ccc54)cc3)cc2)c2ccc3c(c2)sc2ccccc23)C=C1. The number of fused-ring (bicyclic) bond motifs is 8. The summed E-state index contributed by atoms with van der Waals surface area (Å²) in [7, 11) is 0. The lowest BCUT2D eigenvalue weighted by Gasteiger charge is -2.30. The summed E-state index contributed by atoms with van der Waals surface area (Å²) in [5.74, 6) is 0.322. The van der Waals surface area contributed by atoms with Crippen molar-refractivity contribution in [3.63, 3.8) is 0 Å². The zero-order valence-corrected chi connectivity index (χ0v) is 31.0. The van der Waals surface area contributed by atoms with Crippen LogP contribution in [-0.2, 0) is 0 Å². The van der Waals surface area contributed by atoms with Crippen LogP contribution in [0.1, 0.15) is 17.9 Å². The first-order valence-electron chi connectivity index (χ1n) is 19.0. The van der Waals surface area contributed by atoms with Crippen molar-refractivity contribution in [2.45, 2.75) is 12.3 Å². The predicted octanol–water partition coefficient (Wildman–Crippen LogP) is 15.0. The minimum Gasteiger partial charge on any atom is -0.310 e. The van der Waals surface area contributed by atoms with Crippen LogP contribution in [0.25, 0.3) is 69.6 Å². The standard InChI is InChI=1S/C52H36N2S/c1-2-12-37(13-3-1)42-15-6-9-19-47(42)53(41-31-32-45-44-17-8-11-21-50(44)55-51(45)34-41)39-27-22-35(23-28-39)36-24-29-40(30-25-36)54-48-20-10-7-18-46(48)52-43-16-5-4-14-38(43)26-33-49(52)54/h1-12,14-34,37H,13H2. The third-order valence-corrected chi connectivity index (χ3v) is 12.5. The predicted molar refractivity (Wildman–Crippen MR) is 237 cm³/mol. The molecular formula is C52H36N2S. The first kappa shape index (κ1) is 31.8. The Kier molecular flexibility index (Phi) is 7.53. The maximum atomic E-state index is 2.45. The van der Waals surface area contributed by atoms with Gasteiger partial charge in [-0.25, -0.2) is 0 Å². The van der Waals surface area contributed by atoms with Crippen molar-refractivity contribution in [3.05, 3.63) is 206 Å². The van der Waals surface area contributed by atoms with Crippen LogP contribution < -0.4 is 4.90 Å². The zero-order chi connectivity index (χ0) is 36.3. The van der Waals surface area contributed by atoms with Gasteiger partial charge in [-0.05, 0) is 94.5 Å². The van der Waals surface area contributed by atoms with Crippen LogP contribution in [0, 0.1) is 0 Å². The summed E-state index contributed by atoms with van der Waals surface area (Å²) in [6.07, 6.45) is 9.94. The molecule has 0 radical (unpaired) electrons. The Labute approximate surface area is 324 Å². The van der Waals surface area contributed by atoms with Crippen LogP contribution in [0.4, 0.5) is 17.1 Å². The topological polar surface area (TPSA) is 8.17 Å². The summed E-state index contributed by atoms with van der Waals surface area (Å²) >= 11 is 1.87. The molecule has 2 nitrogen and oxygen atoms in total. The van der Waals surface area contributed by atoms with Crippen molar-refractivity contribution in [1.82, 2.24) is 4.57 Å². The number of hydrogen-bond acceptors (Lipinski definition) is 2. The highest BCUT2D eigenvalue weighted by molar-refractivity contribution is 7.25. The summed E-state index contributed by atoms with van der Waals surface area (Å²) in [5, 5.41) is 7.78. The second-order valence-electron chi connectivity index (χ2n) is 14.5. The van der Waals surface area contributed by atoms with E-state index in [2.05, 4.69) is 210 Å². The summed E-state index contributed by atoms with van der Waals surface area (Å²) in [5.41, 5.74) is 10.8. The molecule has 1 aliphatic rings. The van der Waals surface area contributed by atoms with Gasteiger partial charge in [-0.3, -0.25) is 0 Å². The van der Waals surface area contributed by atoms with Gasteiger partial charge < -0.3 is 9.47 Å². The molecule has 0 spiro atoms. The maximum absolute atomic E-state index is 2.45. The molecule has 1 unspecified atom stereocenters. The molecular weight excluding hydrogens is 685 g/mol. The van der Waals surface area contributed by atoms with E-state index in [1.807, 2.05) is 11.3 Å². The fraction of sp³-hybridized carbons (Fsp3) is 0.0385. The molecule has 8 aromatic carbocycles. The lowest BCUT2D eigenvalue weighted by molar-refractivity contribution is 0.852. The zero-order valence-electron chi connectivity index (χ0n) is 30.1. The van der Waals surface area contributed by atoms with Crippen LogP contribution >= 0.6 is 11.3 Å². The fourth-order valence-electron chi connectivity index (χ4n) is 8.72. The molecule has 0 fully saturated rings. The smallest absolute Gasteiger partial charge is 0.0547 e. The number of para-hydroxylation sites is 2. The van der Waals surface area contributed by atoms with Gasteiger partial charge in [0.2, 0.25) is 0 Å². The molecule has 0 aliphatic heterocycles. The number of anilines is 3. The highest BCUT2D eigenvalue weighted by Gasteiger charge is 2.21. The van der Waals surface area contributed by atoms with Gasteiger partial charge in [0.1, 0.15) is 0 Å². The number of rotatable bonds is 6. The molecule has 0 saturated carbocycles. The third kappa shape index (κ3) is 5.31. The van der Waals surface area contributed by atoms with Gasteiger partial charge in [0.15, 0.2) is 0 Å². The minimum atomic E-state index is 0.322. The summed E-state index contributed by atoms with van der Waals surface area (Å²) < 4.78 is 5.03. The lowest BCUT2D eigenvalue weighted by atomic mass is 9.90. The number of benzene rings is 8. The lowest BCUT2D eigenvalue weighted by Crippen LogP contribution is -2.13. The van der Waals surface area contributed by atoms with E-state index in [-0.39, 0.29) is 0 Å². The molecule has 0 amide bonds. The normalized spacial score (nSPS) is 14.1. The molecule has 55 heavy (non-hydrogen) atoms. The van der Waals surface area contributed by atoms with Gasteiger partial charge in [-0.1, -0.05) is 140 Å². The first-order valence-corrected chi connectivity index (χ1v) is 19.9. The fourth-order valence-corrected chi connectivity index (χ4v) is 9.86. The number of allylic oxidation sites excluding steroid dienone is 4. The van der Waals surface area contributed by atoms with Gasteiger partial charge in [-0.2, -0.15) is 0 Å². The van der Waals surface area contributed by atoms with E-state index in [1.54, 1.807) is 0 Å². The van der Waals surface area contributed by atoms with Crippen LogP contribution in [0.5, 0.6) is 0 Å². The second-order valence-corrected chi connectivity index (χ2v) is 15.5. The summed E-state index contributed by atoms with van der Waals surface area (Å²) in [4.78, 5) is 2.45. The quantitative estimate of drug-likeness (QED) is 0.166. The Bertz CT molecular complexity index is 3120. The molecule has 2 aromatic heterocycles. The van der Waals surface area contributed by atoms with Gasteiger partial charge in [-0.15, -0.1) is 11.3 Å². The van der Waals surface area contributed by atoms with Crippen molar-refractivity contribution in [2.75, 3.05) is 4.90 Å². The largest absolute Gasteiger partial charge is 0.310 e. The van der Waals surface area contributed by atoms with Gasteiger partial charge >= 0.3 is 0 Å². The highest BCUT2D eigenvalue weighted by Crippen LogP contribution is 2.44. The molecule has 1 aliphatic carbocycles. The van der Waals surface area contributed by atoms with E-state index in [9.17, 15) is 0 Å². The van der Waals surface area contributed by atoms with Gasteiger partial charge in [0, 0.05) is 59.6 Å². The Hall–Kier alpha value is -6.68. The molecule has 0 bridgehead atoms. The van der Waals surface area contributed by atoms with Crippen molar-refractivity contribution in [1.29, 1.82) is 0 Å². The third-order valence-electron chi connectivity index (χ3n) is 11.3. The first-order chi connectivity index (χ1) is 27.3. The van der Waals surface area contributed by atoms with E-state index >= 15 is 0 Å². The molecule has 11 rings (SSSR count). The Morgan fingerprint density at radius 1 is 0.509 bits per heavy atom. The van der Waals surface area contributed by atoms with E-state index in [1.165, 1.54) is 75.1 Å². The monoisotopic (exact) mass is 720 g/mol. The van der Waals surface area contributed by atoms with E-state index in [0.717, 1.165) is 23.5 Å². The number of thiophene rings is 1. The van der Waals surface area contributed by atoms with Crippen molar-refractivity contribution >= 4 is 81.1 Å². The average Bonchev–Trinajstić information content (AvgIpc) is 3.80. The van der Waals surface area contributed by atoms with Crippen LogP contribution in [0.2, 0.25) is 0 Å². The van der Waals surface area contributed by atoms with Gasteiger partial charge in [0.25, 0.3) is 0 Å². The molecule has 0 N–H and O–H groups in total. The second kappa shape index (κ2) is 13.0. The average molecular weight is 721 g/mol. The minimum absolute atomic E-state index is 0.322. The Morgan fingerprint density at radius 3 is 2.04 bits per heavy atom. The van der Waals surface area contributed by atoms with Crippen molar-refractivity contribution in [3.8, 4) is 16.8 Å². The molecule has 3 heteroatoms. The van der Waals surface area contributed by atoms with Crippen LogP contribution in [-0.4, -0.2) is 4.57 Å². The van der Waals surface area contributed by atoms with E-state index in [0.29, 0.717) is 5.92 Å². The molecule has 10 aromatic rings. The molecule has 0 saturated heterocycles. The number of hydrogen-bond donors (Lipinski definition) is 0. The van der Waals surface area contributed by atoms with Crippen molar-refractivity contribution < 1.29 is 0 Å². The summed E-state index contributed by atoms with van der Waals surface area (Å²) in [6.45, 7) is 0. The number of aromatic nitrogens is 1. The number of nitrogens with zero attached hydrogens (tertiary/aromatic N) is 2.